The average Bonchev–Trinajstić information content (AvgIpc) is 3.10. The minimum Gasteiger partial charge on any atom is -0.325 e. The molecule has 1 aliphatic heterocycles. The van der Waals surface area contributed by atoms with E-state index in [4.69, 9.17) is 11.6 Å². The lowest BCUT2D eigenvalue weighted by Gasteiger charge is -2.20. The van der Waals surface area contributed by atoms with Crippen LogP contribution in [-0.4, -0.2) is 18.4 Å². The molecule has 1 heterocycles. The third-order valence-electron chi connectivity index (χ3n) is 5.13. The molecule has 0 spiro atoms. The molecule has 4 nitrogen and oxygen atoms in total. The van der Waals surface area contributed by atoms with E-state index in [0.717, 1.165) is 17.7 Å². The van der Waals surface area contributed by atoms with E-state index in [1.54, 1.807) is 29.2 Å². The highest BCUT2D eigenvalue weighted by Crippen LogP contribution is 2.30. The largest absolute Gasteiger partial charge is 0.325 e. The second-order valence-corrected chi connectivity index (χ2v) is 7.56. The number of rotatable bonds is 5. The summed E-state index contributed by atoms with van der Waals surface area (Å²) < 4.78 is 0. The van der Waals surface area contributed by atoms with Crippen molar-refractivity contribution in [2.45, 2.75) is 12.8 Å². The van der Waals surface area contributed by atoms with E-state index in [9.17, 15) is 9.59 Å². The molecular formula is C24H21ClN2O2. The number of halogens is 1. The first-order chi connectivity index (χ1) is 14.1. The van der Waals surface area contributed by atoms with E-state index in [1.165, 1.54) is 5.56 Å². The molecule has 3 aromatic rings. The van der Waals surface area contributed by atoms with Crippen molar-refractivity contribution in [3.63, 3.8) is 0 Å². The van der Waals surface area contributed by atoms with Crippen LogP contribution in [0.25, 0.3) is 0 Å². The van der Waals surface area contributed by atoms with E-state index in [-0.39, 0.29) is 11.8 Å². The van der Waals surface area contributed by atoms with Crippen molar-refractivity contribution in [3.8, 4) is 0 Å². The summed E-state index contributed by atoms with van der Waals surface area (Å²) in [6.07, 6.45) is 1.23. The van der Waals surface area contributed by atoms with E-state index in [2.05, 4.69) is 17.4 Å². The SMILES string of the molecule is O=C(Nc1cccc(Cl)c1)C1CCN(c2ccccc2Cc2ccccc2)C1=O. The zero-order valence-electron chi connectivity index (χ0n) is 15.8. The van der Waals surface area contributed by atoms with Crippen LogP contribution in [-0.2, 0) is 16.0 Å². The lowest BCUT2D eigenvalue weighted by atomic mass is 10.0. The van der Waals surface area contributed by atoms with E-state index < -0.39 is 5.92 Å². The number of carbonyl (C=O) groups excluding carboxylic acids is 2. The molecular weight excluding hydrogens is 384 g/mol. The van der Waals surface area contributed by atoms with Gasteiger partial charge in [-0.1, -0.05) is 66.2 Å². The number of para-hydroxylation sites is 1. The van der Waals surface area contributed by atoms with Gasteiger partial charge in [0.05, 0.1) is 0 Å². The molecule has 1 aliphatic rings. The van der Waals surface area contributed by atoms with Gasteiger partial charge in [-0.05, 0) is 48.2 Å². The second-order valence-electron chi connectivity index (χ2n) is 7.12. The summed E-state index contributed by atoms with van der Waals surface area (Å²) in [6.45, 7) is 0.526. The molecule has 1 fully saturated rings. The number of amides is 2. The Kier molecular flexibility index (Phi) is 5.63. The lowest BCUT2D eigenvalue weighted by molar-refractivity contribution is -0.129. The predicted molar refractivity (Wildman–Crippen MR) is 116 cm³/mol. The molecule has 4 rings (SSSR count). The van der Waals surface area contributed by atoms with Gasteiger partial charge < -0.3 is 10.2 Å². The molecule has 2 amide bonds. The van der Waals surface area contributed by atoms with Gasteiger partial charge in [0.15, 0.2) is 0 Å². The summed E-state index contributed by atoms with van der Waals surface area (Å²) >= 11 is 5.98. The zero-order chi connectivity index (χ0) is 20.2. The maximum Gasteiger partial charge on any atom is 0.239 e. The van der Waals surface area contributed by atoms with Crippen molar-refractivity contribution in [2.24, 2.45) is 5.92 Å². The number of nitrogens with one attached hydrogen (secondary N) is 1. The normalized spacial score (nSPS) is 16.1. The van der Waals surface area contributed by atoms with Crippen LogP contribution in [0.5, 0.6) is 0 Å². The second kappa shape index (κ2) is 8.50. The highest BCUT2D eigenvalue weighted by Gasteiger charge is 2.38. The van der Waals surface area contributed by atoms with Gasteiger partial charge in [0.1, 0.15) is 5.92 Å². The molecule has 1 saturated heterocycles. The third-order valence-corrected chi connectivity index (χ3v) is 5.37. The summed E-state index contributed by atoms with van der Waals surface area (Å²) in [4.78, 5) is 27.5. The predicted octanol–water partition coefficient (Wildman–Crippen LogP) is 4.92. The van der Waals surface area contributed by atoms with Gasteiger partial charge in [-0.3, -0.25) is 9.59 Å². The number of benzene rings is 3. The minimum absolute atomic E-state index is 0.162. The van der Waals surface area contributed by atoms with Crippen LogP contribution in [0.2, 0.25) is 5.02 Å². The van der Waals surface area contributed by atoms with Gasteiger partial charge in [-0.25, -0.2) is 0 Å². The van der Waals surface area contributed by atoms with E-state index in [0.29, 0.717) is 23.7 Å². The molecule has 5 heteroatoms. The summed E-state index contributed by atoms with van der Waals surface area (Å²) in [5.74, 6) is -1.15. The van der Waals surface area contributed by atoms with Crippen molar-refractivity contribution in [2.75, 3.05) is 16.8 Å². The van der Waals surface area contributed by atoms with E-state index >= 15 is 0 Å². The molecule has 1 atom stereocenters. The molecule has 0 saturated carbocycles. The first kappa shape index (κ1) is 19.2. The van der Waals surface area contributed by atoms with Crippen LogP contribution in [0.15, 0.2) is 78.9 Å². The standard InChI is InChI=1S/C24H21ClN2O2/c25-19-10-6-11-20(16-19)26-23(28)21-13-14-27(24(21)29)22-12-5-4-9-18(22)15-17-7-2-1-3-8-17/h1-12,16,21H,13-15H2,(H,26,28). The highest BCUT2D eigenvalue weighted by atomic mass is 35.5. The molecule has 0 bridgehead atoms. The monoisotopic (exact) mass is 404 g/mol. The van der Waals surface area contributed by atoms with Gasteiger partial charge in [0, 0.05) is 22.9 Å². The van der Waals surface area contributed by atoms with Crippen LogP contribution in [0.4, 0.5) is 11.4 Å². The summed E-state index contributed by atoms with van der Waals surface area (Å²) in [7, 11) is 0. The number of hydrogen-bond acceptors (Lipinski definition) is 2. The number of anilines is 2. The van der Waals surface area contributed by atoms with Gasteiger partial charge in [0.2, 0.25) is 11.8 Å². The fourth-order valence-corrected chi connectivity index (χ4v) is 3.89. The van der Waals surface area contributed by atoms with Crippen LogP contribution in [0.1, 0.15) is 17.5 Å². The topological polar surface area (TPSA) is 49.4 Å². The third kappa shape index (κ3) is 4.33. The Hall–Kier alpha value is -3.11. The highest BCUT2D eigenvalue weighted by molar-refractivity contribution is 6.31. The zero-order valence-corrected chi connectivity index (χ0v) is 16.6. The smallest absolute Gasteiger partial charge is 0.239 e. The molecule has 0 aliphatic carbocycles. The van der Waals surface area contributed by atoms with Crippen molar-refractivity contribution >= 4 is 34.8 Å². The Morgan fingerprint density at radius 2 is 1.76 bits per heavy atom. The molecule has 3 aromatic carbocycles. The minimum atomic E-state index is -0.696. The molecule has 0 aromatic heterocycles. The summed E-state index contributed by atoms with van der Waals surface area (Å²) in [5, 5.41) is 3.35. The van der Waals surface area contributed by atoms with Gasteiger partial charge in [-0.15, -0.1) is 0 Å². The number of nitrogens with zero attached hydrogens (tertiary/aromatic N) is 1. The molecule has 29 heavy (non-hydrogen) atoms. The van der Waals surface area contributed by atoms with E-state index in [1.807, 2.05) is 42.5 Å². The summed E-state index contributed by atoms with van der Waals surface area (Å²) in [5.41, 5.74) is 3.72. The van der Waals surface area contributed by atoms with Crippen molar-refractivity contribution < 1.29 is 9.59 Å². The quantitative estimate of drug-likeness (QED) is 0.613. The number of carbonyl (C=O) groups is 2. The average molecular weight is 405 g/mol. The van der Waals surface area contributed by atoms with Crippen LogP contribution in [0.3, 0.4) is 0 Å². The Morgan fingerprint density at radius 3 is 2.55 bits per heavy atom. The first-order valence-corrected chi connectivity index (χ1v) is 9.99. The fourth-order valence-electron chi connectivity index (χ4n) is 3.70. The Labute approximate surface area is 175 Å². The van der Waals surface area contributed by atoms with Crippen LogP contribution >= 0.6 is 11.6 Å². The van der Waals surface area contributed by atoms with Crippen molar-refractivity contribution in [1.29, 1.82) is 0 Å². The molecule has 146 valence electrons. The fraction of sp³-hybridized carbons (Fsp3) is 0.167. The first-order valence-electron chi connectivity index (χ1n) is 9.61. The van der Waals surface area contributed by atoms with Gasteiger partial charge >= 0.3 is 0 Å². The maximum atomic E-state index is 13.0. The Balaban J connectivity index is 1.51. The maximum absolute atomic E-state index is 13.0. The van der Waals surface area contributed by atoms with Crippen molar-refractivity contribution in [3.05, 3.63) is 95.0 Å². The Bertz CT molecular complexity index is 1040. The van der Waals surface area contributed by atoms with Crippen LogP contribution in [0, 0.1) is 5.92 Å². The summed E-state index contributed by atoms with van der Waals surface area (Å²) in [6, 6.07) is 25.0. The van der Waals surface area contributed by atoms with Crippen LogP contribution < -0.4 is 10.2 Å². The van der Waals surface area contributed by atoms with Gasteiger partial charge in [0.25, 0.3) is 0 Å². The molecule has 1 unspecified atom stereocenters. The van der Waals surface area contributed by atoms with Gasteiger partial charge in [-0.2, -0.15) is 0 Å². The lowest BCUT2D eigenvalue weighted by Crippen LogP contribution is -2.33. The molecule has 0 radical (unpaired) electrons. The Morgan fingerprint density at radius 1 is 1.00 bits per heavy atom. The number of hydrogen-bond donors (Lipinski definition) is 1. The molecule has 1 N–H and O–H groups in total. The van der Waals surface area contributed by atoms with Crippen molar-refractivity contribution in [1.82, 2.24) is 0 Å².